The van der Waals surface area contributed by atoms with Gasteiger partial charge >= 0.3 is 5.97 Å². The van der Waals surface area contributed by atoms with Gasteiger partial charge in [-0.3, -0.25) is 4.79 Å². The summed E-state index contributed by atoms with van der Waals surface area (Å²) in [6, 6.07) is 1.74. The van der Waals surface area contributed by atoms with Gasteiger partial charge in [0.2, 0.25) is 5.91 Å². The Hall–Kier alpha value is -1.36. The van der Waals surface area contributed by atoms with E-state index in [1.54, 1.807) is 11.4 Å². The molecule has 1 atom stereocenters. The smallest absolute Gasteiger partial charge is 0.350 e. The highest BCUT2D eigenvalue weighted by molar-refractivity contribution is 7.12. The highest BCUT2D eigenvalue weighted by atomic mass is 32.1. The number of anilines is 1. The Bertz CT molecular complexity index is 428. The van der Waals surface area contributed by atoms with Gasteiger partial charge in [0.05, 0.1) is 12.8 Å². The summed E-state index contributed by atoms with van der Waals surface area (Å²) in [6.07, 6.45) is 3.81. The minimum atomic E-state index is -0.410. The maximum atomic E-state index is 12.2. The minimum absolute atomic E-state index is 0.00495. The number of nitrogens with one attached hydrogen (secondary N) is 1. The molecule has 0 aromatic carbocycles. The van der Waals surface area contributed by atoms with E-state index in [0.29, 0.717) is 10.6 Å². The fraction of sp³-hybridized carbons (Fsp3) is 0.571. The number of hydrogen-bond donors (Lipinski definition) is 1. The van der Waals surface area contributed by atoms with Crippen LogP contribution < -0.4 is 5.32 Å². The van der Waals surface area contributed by atoms with Crippen LogP contribution >= 0.6 is 11.3 Å². The third kappa shape index (κ3) is 4.35. The van der Waals surface area contributed by atoms with Crippen molar-refractivity contribution < 1.29 is 14.3 Å². The molecule has 0 radical (unpaired) electrons. The number of ether oxygens (including phenoxy) is 1. The molecule has 4 nitrogen and oxygen atoms in total. The van der Waals surface area contributed by atoms with E-state index < -0.39 is 5.97 Å². The molecular weight excluding hydrogens is 262 g/mol. The van der Waals surface area contributed by atoms with Crippen LogP contribution in [0.5, 0.6) is 0 Å². The molecule has 1 aromatic heterocycles. The summed E-state index contributed by atoms with van der Waals surface area (Å²) in [5.41, 5.74) is 0.553. The van der Waals surface area contributed by atoms with Crippen LogP contribution in [0.15, 0.2) is 11.4 Å². The van der Waals surface area contributed by atoms with Gasteiger partial charge in [0.15, 0.2) is 0 Å². The zero-order valence-electron chi connectivity index (χ0n) is 11.7. The lowest BCUT2D eigenvalue weighted by atomic mass is 9.98. The monoisotopic (exact) mass is 283 g/mol. The predicted octanol–water partition coefficient (Wildman–Crippen LogP) is 3.69. The van der Waals surface area contributed by atoms with E-state index in [1.807, 2.05) is 6.92 Å². The molecule has 0 bridgehead atoms. The highest BCUT2D eigenvalue weighted by Crippen LogP contribution is 2.24. The van der Waals surface area contributed by atoms with E-state index in [0.717, 1.165) is 25.7 Å². The molecule has 0 spiro atoms. The third-order valence-electron chi connectivity index (χ3n) is 3.06. The Kier molecular flexibility index (Phi) is 6.56. The maximum Gasteiger partial charge on any atom is 0.350 e. The van der Waals surface area contributed by atoms with Crippen molar-refractivity contribution in [3.63, 3.8) is 0 Å². The van der Waals surface area contributed by atoms with Gasteiger partial charge in [0, 0.05) is 5.92 Å². The van der Waals surface area contributed by atoms with Crippen LogP contribution in [0.3, 0.4) is 0 Å². The first kappa shape index (κ1) is 15.7. The lowest BCUT2D eigenvalue weighted by Gasteiger charge is -2.14. The van der Waals surface area contributed by atoms with E-state index in [4.69, 9.17) is 0 Å². The van der Waals surface area contributed by atoms with E-state index in [2.05, 4.69) is 17.0 Å². The number of hydrogen-bond acceptors (Lipinski definition) is 4. The van der Waals surface area contributed by atoms with Gasteiger partial charge in [-0.05, 0) is 24.3 Å². The third-order valence-corrected chi connectivity index (χ3v) is 3.96. The Morgan fingerprint density at radius 1 is 1.42 bits per heavy atom. The Morgan fingerprint density at radius 3 is 2.74 bits per heavy atom. The molecule has 1 N–H and O–H groups in total. The molecule has 1 rings (SSSR count). The molecule has 1 amide bonds. The van der Waals surface area contributed by atoms with Gasteiger partial charge in [-0.25, -0.2) is 4.79 Å². The summed E-state index contributed by atoms with van der Waals surface area (Å²) < 4.78 is 4.69. The fourth-order valence-corrected chi connectivity index (χ4v) is 2.63. The van der Waals surface area contributed by atoms with Crippen LogP contribution in [-0.2, 0) is 9.53 Å². The quantitative estimate of drug-likeness (QED) is 0.776. The van der Waals surface area contributed by atoms with Crippen molar-refractivity contribution >= 4 is 28.9 Å². The van der Waals surface area contributed by atoms with E-state index in [9.17, 15) is 9.59 Å². The van der Waals surface area contributed by atoms with E-state index in [-0.39, 0.29) is 11.8 Å². The van der Waals surface area contributed by atoms with Crippen molar-refractivity contribution in [1.82, 2.24) is 0 Å². The largest absolute Gasteiger partial charge is 0.465 e. The number of methoxy groups -OCH3 is 1. The molecular formula is C14H21NO3S. The molecule has 1 aromatic rings. The maximum absolute atomic E-state index is 12.2. The second kappa shape index (κ2) is 7.94. The molecule has 0 saturated carbocycles. The summed E-state index contributed by atoms with van der Waals surface area (Å²) in [5.74, 6) is -0.420. The molecule has 5 heteroatoms. The number of unbranched alkanes of at least 4 members (excludes halogenated alkanes) is 1. The zero-order valence-corrected chi connectivity index (χ0v) is 12.5. The van der Waals surface area contributed by atoms with Crippen LogP contribution in [-0.4, -0.2) is 19.0 Å². The molecule has 19 heavy (non-hydrogen) atoms. The Morgan fingerprint density at radius 2 is 2.16 bits per heavy atom. The van der Waals surface area contributed by atoms with Gasteiger partial charge in [-0.1, -0.05) is 26.7 Å². The molecule has 0 aliphatic carbocycles. The lowest BCUT2D eigenvalue weighted by molar-refractivity contribution is -0.120. The first-order valence-electron chi connectivity index (χ1n) is 6.60. The number of carbonyl (C=O) groups excluding carboxylic acids is 2. The summed E-state index contributed by atoms with van der Waals surface area (Å²) in [7, 11) is 1.34. The summed E-state index contributed by atoms with van der Waals surface area (Å²) in [6.45, 7) is 4.12. The molecule has 0 aliphatic rings. The number of esters is 1. The fourth-order valence-electron chi connectivity index (χ4n) is 1.86. The Labute approximate surface area is 118 Å². The van der Waals surface area contributed by atoms with Crippen molar-refractivity contribution in [1.29, 1.82) is 0 Å². The van der Waals surface area contributed by atoms with Gasteiger partial charge in [-0.2, -0.15) is 0 Å². The van der Waals surface area contributed by atoms with Crippen LogP contribution in [0.1, 0.15) is 49.2 Å². The van der Waals surface area contributed by atoms with Crippen LogP contribution in [0.2, 0.25) is 0 Å². The second-order valence-electron chi connectivity index (χ2n) is 4.39. The number of rotatable bonds is 7. The van der Waals surface area contributed by atoms with Gasteiger partial charge in [0.25, 0.3) is 0 Å². The lowest BCUT2D eigenvalue weighted by Crippen LogP contribution is -2.23. The molecule has 1 heterocycles. The minimum Gasteiger partial charge on any atom is -0.465 e. The summed E-state index contributed by atoms with van der Waals surface area (Å²) in [4.78, 5) is 24.1. The van der Waals surface area contributed by atoms with E-state index in [1.165, 1.54) is 18.4 Å². The summed E-state index contributed by atoms with van der Waals surface area (Å²) in [5, 5.41) is 4.61. The van der Waals surface area contributed by atoms with Crippen molar-refractivity contribution in [3.05, 3.63) is 16.3 Å². The second-order valence-corrected chi connectivity index (χ2v) is 5.31. The van der Waals surface area contributed by atoms with Crippen molar-refractivity contribution in [2.45, 2.75) is 39.5 Å². The number of amides is 1. The van der Waals surface area contributed by atoms with Gasteiger partial charge in [0.1, 0.15) is 4.88 Å². The standard InChI is InChI=1S/C14H21NO3S/c1-4-6-7-10(5-2)13(16)15-11-8-9-19-12(11)14(17)18-3/h8-10H,4-7H2,1-3H3,(H,15,16)/t10-/m0/s1. The average molecular weight is 283 g/mol. The molecule has 0 aliphatic heterocycles. The van der Waals surface area contributed by atoms with Crippen LogP contribution in [0.25, 0.3) is 0 Å². The van der Waals surface area contributed by atoms with E-state index >= 15 is 0 Å². The van der Waals surface area contributed by atoms with Crippen LogP contribution in [0.4, 0.5) is 5.69 Å². The zero-order chi connectivity index (χ0) is 14.3. The number of carbonyl (C=O) groups is 2. The highest BCUT2D eigenvalue weighted by Gasteiger charge is 2.20. The normalized spacial score (nSPS) is 11.9. The molecule has 0 fully saturated rings. The van der Waals surface area contributed by atoms with Gasteiger partial charge < -0.3 is 10.1 Å². The first-order valence-corrected chi connectivity index (χ1v) is 7.48. The van der Waals surface area contributed by atoms with Gasteiger partial charge in [-0.15, -0.1) is 11.3 Å². The van der Waals surface area contributed by atoms with Crippen molar-refractivity contribution in [2.75, 3.05) is 12.4 Å². The Balaban J connectivity index is 2.70. The SMILES string of the molecule is CCCC[C@H](CC)C(=O)Nc1ccsc1C(=O)OC. The van der Waals surface area contributed by atoms with Crippen LogP contribution in [0, 0.1) is 5.92 Å². The molecule has 0 unspecified atom stereocenters. The first-order chi connectivity index (χ1) is 9.13. The summed E-state index contributed by atoms with van der Waals surface area (Å²) >= 11 is 1.27. The number of thiophene rings is 1. The van der Waals surface area contributed by atoms with Crippen molar-refractivity contribution in [2.24, 2.45) is 5.92 Å². The molecule has 0 saturated heterocycles. The average Bonchev–Trinajstić information content (AvgIpc) is 2.86. The topological polar surface area (TPSA) is 55.4 Å². The predicted molar refractivity (Wildman–Crippen MR) is 77.6 cm³/mol. The van der Waals surface area contributed by atoms with Crippen molar-refractivity contribution in [3.8, 4) is 0 Å². The molecule has 106 valence electrons.